The number of phosphoric ester groups is 1. The minimum atomic E-state index is -4.45. The van der Waals surface area contributed by atoms with Gasteiger partial charge >= 0.3 is 7.82 Å². The van der Waals surface area contributed by atoms with E-state index in [1.54, 1.807) is 22.1 Å². The van der Waals surface area contributed by atoms with Crippen LogP contribution in [-0.2, 0) is 33.4 Å². The third kappa shape index (κ3) is 6.93. The van der Waals surface area contributed by atoms with E-state index in [2.05, 4.69) is 4.52 Å². The minimum Gasteiger partial charge on any atom is -0.497 e. The molecule has 0 radical (unpaired) electrons. The fourth-order valence-corrected chi connectivity index (χ4v) is 5.71. The number of methoxy groups -OCH3 is 2. The van der Waals surface area contributed by atoms with Crippen molar-refractivity contribution in [3.63, 3.8) is 0 Å². The summed E-state index contributed by atoms with van der Waals surface area (Å²) in [6, 6.07) is 24.2. The molecule has 1 aliphatic rings. The summed E-state index contributed by atoms with van der Waals surface area (Å²) in [4.78, 5) is 10.2. The number of phosphoric acid groups is 1. The summed E-state index contributed by atoms with van der Waals surface area (Å²) >= 11 is 4.93. The Bertz CT molecular complexity index is 1300. The molecule has 1 fully saturated rings. The Hall–Kier alpha value is -2.96. The molecule has 3 N–H and O–H groups in total. The highest BCUT2D eigenvalue weighted by Gasteiger charge is 2.50. The van der Waals surface area contributed by atoms with E-state index < -0.39 is 37.7 Å². The van der Waals surface area contributed by atoms with Gasteiger partial charge in [-0.3, -0.25) is 9.05 Å². The van der Waals surface area contributed by atoms with Crippen LogP contribution in [0.3, 0.4) is 0 Å². The van der Waals surface area contributed by atoms with E-state index >= 15 is 0 Å². The van der Waals surface area contributed by atoms with Crippen LogP contribution in [0.5, 0.6) is 11.5 Å². The van der Waals surface area contributed by atoms with Crippen LogP contribution in [0.4, 0.5) is 0 Å². The Morgan fingerprint density at radius 1 is 0.927 bits per heavy atom. The van der Waals surface area contributed by atoms with Crippen LogP contribution in [0.1, 0.15) is 16.7 Å². The summed E-state index contributed by atoms with van der Waals surface area (Å²) in [5.41, 5.74) is 6.93. The molecule has 1 heterocycles. The molecule has 3 aromatic carbocycles. The molecule has 1 aliphatic heterocycles. The summed E-state index contributed by atoms with van der Waals surface area (Å²) in [5.74, 6) is 1.37. The molecule has 4 rings (SSSR count). The van der Waals surface area contributed by atoms with Crippen molar-refractivity contribution in [3.8, 4) is 11.5 Å². The van der Waals surface area contributed by atoms with Crippen LogP contribution >= 0.6 is 20.0 Å². The fraction of sp³-hybridized carbons (Fsp3) is 0.321. The standard InChI is InChI=1S/C28H33BNO9PS/c1-33-21-13-9-19(10-14-21)28(18-7-5-4-6-8-18,20-11-15-22(34-2)16-12-20)36-17-23-24(39-40(31,32)35-3)25(26(29)37-23)38-27(30)41/h4-16,23-26H,17,29H2,1-3H3,(H2,30,41)(H,31,32)/t23-,24?,25+,26-/m1/s1. The molecule has 0 spiro atoms. The van der Waals surface area contributed by atoms with Crippen molar-refractivity contribution in [2.75, 3.05) is 27.9 Å². The number of hydrogen-bond donors (Lipinski definition) is 2. The Labute approximate surface area is 245 Å². The number of nitrogens with two attached hydrogens (primary N) is 1. The highest BCUT2D eigenvalue weighted by molar-refractivity contribution is 7.80. The first-order chi connectivity index (χ1) is 19.6. The SMILES string of the molecule is B[C@@H]1O[C@H](COC(c2ccccc2)(c2ccc(OC)cc2)c2ccc(OC)cc2)C(OP(=O)(O)OC)[C@@H]1OC(N)=S. The van der Waals surface area contributed by atoms with Gasteiger partial charge in [-0.15, -0.1) is 0 Å². The first kappa shape index (κ1) is 31.0. The smallest absolute Gasteiger partial charge is 0.472 e. The fourth-order valence-electron chi connectivity index (χ4n) is 4.95. The van der Waals surface area contributed by atoms with Gasteiger partial charge in [0.1, 0.15) is 43.3 Å². The monoisotopic (exact) mass is 601 g/mol. The van der Waals surface area contributed by atoms with E-state index in [1.807, 2.05) is 78.9 Å². The molecule has 218 valence electrons. The molecule has 0 saturated carbocycles. The van der Waals surface area contributed by atoms with Crippen LogP contribution in [0, 0.1) is 0 Å². The van der Waals surface area contributed by atoms with Crippen molar-refractivity contribution in [1.82, 2.24) is 0 Å². The number of thiocarbonyl (C=S) groups is 1. The molecule has 0 aromatic heterocycles. The minimum absolute atomic E-state index is 0.0805. The first-order valence-electron chi connectivity index (χ1n) is 12.8. The van der Waals surface area contributed by atoms with E-state index in [4.69, 9.17) is 46.2 Å². The van der Waals surface area contributed by atoms with Crippen LogP contribution in [-0.4, -0.2) is 70.2 Å². The molecule has 0 bridgehead atoms. The van der Waals surface area contributed by atoms with Gasteiger partial charge in [0.2, 0.25) is 0 Å². The van der Waals surface area contributed by atoms with Crippen LogP contribution < -0.4 is 15.2 Å². The topological polar surface area (TPSA) is 128 Å². The third-order valence-electron chi connectivity index (χ3n) is 6.92. The van der Waals surface area contributed by atoms with Gasteiger partial charge in [-0.1, -0.05) is 54.6 Å². The molecule has 41 heavy (non-hydrogen) atoms. The first-order valence-corrected chi connectivity index (χ1v) is 14.7. The second-order valence-corrected chi connectivity index (χ2v) is 11.2. The van der Waals surface area contributed by atoms with Crippen LogP contribution in [0.15, 0.2) is 78.9 Å². The zero-order valence-corrected chi connectivity index (χ0v) is 24.9. The molecule has 13 heteroatoms. The van der Waals surface area contributed by atoms with Crippen molar-refractivity contribution in [3.05, 3.63) is 95.6 Å². The Morgan fingerprint density at radius 2 is 1.44 bits per heavy atom. The summed E-state index contributed by atoms with van der Waals surface area (Å²) in [5, 5.41) is -0.249. The van der Waals surface area contributed by atoms with Gasteiger partial charge in [0.15, 0.2) is 0 Å². The lowest BCUT2D eigenvalue weighted by Crippen LogP contribution is -2.42. The lowest BCUT2D eigenvalue weighted by molar-refractivity contribution is -0.0742. The predicted molar refractivity (Wildman–Crippen MR) is 159 cm³/mol. The van der Waals surface area contributed by atoms with Crippen molar-refractivity contribution in [1.29, 1.82) is 0 Å². The van der Waals surface area contributed by atoms with E-state index in [-0.39, 0.29) is 11.8 Å². The summed E-state index contributed by atoms with van der Waals surface area (Å²) < 4.78 is 52.1. The van der Waals surface area contributed by atoms with Gasteiger partial charge in [-0.2, -0.15) is 0 Å². The summed E-state index contributed by atoms with van der Waals surface area (Å²) in [7, 11) is 1.55. The van der Waals surface area contributed by atoms with Crippen molar-refractivity contribution < 1.29 is 42.2 Å². The lowest BCUT2D eigenvalue weighted by Gasteiger charge is -2.37. The maximum absolute atomic E-state index is 12.5. The maximum Gasteiger partial charge on any atom is 0.472 e. The van der Waals surface area contributed by atoms with E-state index in [9.17, 15) is 9.46 Å². The highest BCUT2D eigenvalue weighted by atomic mass is 32.1. The Balaban J connectivity index is 1.81. The number of benzene rings is 3. The van der Waals surface area contributed by atoms with E-state index in [0.717, 1.165) is 23.8 Å². The Morgan fingerprint density at radius 3 is 1.90 bits per heavy atom. The molecule has 10 nitrogen and oxygen atoms in total. The van der Waals surface area contributed by atoms with Gasteiger partial charge in [0.05, 0.1) is 26.8 Å². The van der Waals surface area contributed by atoms with Gasteiger partial charge in [0.25, 0.3) is 5.17 Å². The molecule has 0 aliphatic carbocycles. The molecule has 1 saturated heterocycles. The maximum atomic E-state index is 12.5. The van der Waals surface area contributed by atoms with Gasteiger partial charge in [-0.05, 0) is 53.2 Å². The van der Waals surface area contributed by atoms with Crippen molar-refractivity contribution in [2.24, 2.45) is 5.73 Å². The molecular formula is C28H33BNO9PS. The number of hydrogen-bond acceptors (Lipinski definition) is 9. The number of rotatable bonds is 12. The van der Waals surface area contributed by atoms with Crippen LogP contribution in [0.2, 0.25) is 0 Å². The second-order valence-electron chi connectivity index (χ2n) is 9.32. The largest absolute Gasteiger partial charge is 0.497 e. The molecule has 5 atom stereocenters. The van der Waals surface area contributed by atoms with Gasteiger partial charge < -0.3 is 34.3 Å². The van der Waals surface area contributed by atoms with Gasteiger partial charge in [0, 0.05) is 7.11 Å². The van der Waals surface area contributed by atoms with E-state index in [0.29, 0.717) is 11.5 Å². The summed E-state index contributed by atoms with van der Waals surface area (Å²) in [6.07, 6.45) is -2.84. The molecule has 0 amide bonds. The zero-order valence-electron chi connectivity index (χ0n) is 23.2. The average molecular weight is 601 g/mol. The Kier molecular flexibility index (Phi) is 10.1. The average Bonchev–Trinajstić information content (AvgIpc) is 3.26. The van der Waals surface area contributed by atoms with Crippen molar-refractivity contribution >= 4 is 33.1 Å². The number of ether oxygens (including phenoxy) is 5. The normalized spacial score (nSPS) is 22.0. The van der Waals surface area contributed by atoms with Crippen molar-refractivity contribution in [2.45, 2.75) is 29.9 Å². The molecule has 2 unspecified atom stereocenters. The zero-order chi connectivity index (χ0) is 29.6. The van der Waals surface area contributed by atoms with E-state index in [1.165, 1.54) is 0 Å². The quantitative estimate of drug-likeness (QED) is 0.138. The predicted octanol–water partition coefficient (Wildman–Crippen LogP) is 3.13. The highest BCUT2D eigenvalue weighted by Crippen LogP contribution is 2.48. The van der Waals surface area contributed by atoms with Gasteiger partial charge in [-0.25, -0.2) is 4.57 Å². The lowest BCUT2D eigenvalue weighted by atomic mass is 9.80. The third-order valence-corrected chi connectivity index (χ3v) is 7.99. The molecular weight excluding hydrogens is 568 g/mol. The molecule has 3 aromatic rings. The summed E-state index contributed by atoms with van der Waals surface area (Å²) in [6.45, 7) is -0.0805. The second kappa shape index (κ2) is 13.3. The van der Waals surface area contributed by atoms with Crippen LogP contribution in [0.25, 0.3) is 0 Å².